The summed E-state index contributed by atoms with van der Waals surface area (Å²) in [6.07, 6.45) is 3.88. The summed E-state index contributed by atoms with van der Waals surface area (Å²) in [6, 6.07) is 15.5. The predicted molar refractivity (Wildman–Crippen MR) is 111 cm³/mol. The maximum atomic E-state index is 12.8. The number of imidazole rings is 1. The number of carbonyl (C=O) groups excluding carboxylic acids is 1. The Morgan fingerprint density at radius 1 is 1.19 bits per heavy atom. The first-order chi connectivity index (χ1) is 13.2. The zero-order valence-corrected chi connectivity index (χ0v) is 16.4. The van der Waals surface area contributed by atoms with Crippen LogP contribution in [0.15, 0.2) is 65.0 Å². The second-order valence-corrected chi connectivity index (χ2v) is 7.47. The van der Waals surface area contributed by atoms with Crippen molar-refractivity contribution in [3.8, 4) is 17.0 Å². The van der Waals surface area contributed by atoms with Crippen molar-refractivity contribution in [2.45, 2.75) is 4.90 Å². The van der Waals surface area contributed by atoms with Crippen LogP contribution in [0.5, 0.6) is 5.75 Å². The first-order valence-corrected chi connectivity index (χ1v) is 10.4. The van der Waals surface area contributed by atoms with E-state index in [1.807, 2.05) is 70.8 Å². The van der Waals surface area contributed by atoms with E-state index in [4.69, 9.17) is 4.74 Å². The second kappa shape index (κ2) is 7.46. The first kappa shape index (κ1) is 17.6. The normalized spacial score (nSPS) is 10.9. The molecule has 1 amide bonds. The van der Waals surface area contributed by atoms with Crippen molar-refractivity contribution in [2.24, 2.45) is 0 Å². The van der Waals surface area contributed by atoms with Crippen molar-refractivity contribution in [2.75, 3.05) is 18.7 Å². The molecule has 0 atom stereocenters. The Hall–Kier alpha value is -2.77. The molecule has 0 fully saturated rings. The van der Waals surface area contributed by atoms with Crippen molar-refractivity contribution >= 4 is 39.7 Å². The number of fused-ring (bicyclic) bond motifs is 1. The zero-order valence-electron chi connectivity index (χ0n) is 14.8. The van der Waals surface area contributed by atoms with Crippen molar-refractivity contribution in [1.82, 2.24) is 9.38 Å². The Morgan fingerprint density at radius 3 is 2.70 bits per heavy atom. The van der Waals surface area contributed by atoms with Crippen LogP contribution in [0, 0.1) is 0 Å². The van der Waals surface area contributed by atoms with E-state index in [2.05, 4.69) is 10.3 Å². The Balaban J connectivity index is 1.64. The van der Waals surface area contributed by atoms with Crippen molar-refractivity contribution in [3.05, 3.63) is 65.8 Å². The van der Waals surface area contributed by atoms with Gasteiger partial charge in [-0.3, -0.25) is 9.20 Å². The molecule has 27 heavy (non-hydrogen) atoms. The summed E-state index contributed by atoms with van der Waals surface area (Å²) in [5, 5.41) is 4.83. The van der Waals surface area contributed by atoms with Crippen LogP contribution in [-0.2, 0) is 0 Å². The van der Waals surface area contributed by atoms with Gasteiger partial charge in [-0.15, -0.1) is 23.1 Å². The molecule has 2 aromatic carbocycles. The van der Waals surface area contributed by atoms with Crippen LogP contribution < -0.4 is 10.1 Å². The Morgan fingerprint density at radius 2 is 1.96 bits per heavy atom. The van der Waals surface area contributed by atoms with Crippen LogP contribution in [0.25, 0.3) is 16.2 Å². The lowest BCUT2D eigenvalue weighted by molar-refractivity contribution is 0.102. The van der Waals surface area contributed by atoms with E-state index in [1.165, 1.54) is 11.3 Å². The maximum Gasteiger partial charge on any atom is 0.273 e. The number of hydrogen-bond acceptors (Lipinski definition) is 5. The van der Waals surface area contributed by atoms with Crippen LogP contribution in [0.3, 0.4) is 0 Å². The molecule has 0 aliphatic rings. The highest BCUT2D eigenvalue weighted by Crippen LogP contribution is 2.28. The van der Waals surface area contributed by atoms with Gasteiger partial charge in [-0.25, -0.2) is 4.98 Å². The lowest BCUT2D eigenvalue weighted by Gasteiger charge is -2.08. The zero-order chi connectivity index (χ0) is 18.8. The van der Waals surface area contributed by atoms with Gasteiger partial charge in [0.15, 0.2) is 4.96 Å². The molecule has 2 heterocycles. The van der Waals surface area contributed by atoms with Gasteiger partial charge in [0.1, 0.15) is 11.4 Å². The molecule has 0 aliphatic heterocycles. The van der Waals surface area contributed by atoms with Gasteiger partial charge in [-0.05, 0) is 42.7 Å². The summed E-state index contributed by atoms with van der Waals surface area (Å²) in [7, 11) is 1.64. The number of hydrogen-bond donors (Lipinski definition) is 1. The summed E-state index contributed by atoms with van der Waals surface area (Å²) in [5.74, 6) is 0.647. The van der Waals surface area contributed by atoms with Gasteiger partial charge in [0.2, 0.25) is 0 Å². The van der Waals surface area contributed by atoms with E-state index < -0.39 is 0 Å². The van der Waals surface area contributed by atoms with Crippen molar-refractivity contribution in [3.63, 3.8) is 0 Å². The monoisotopic (exact) mass is 395 g/mol. The second-order valence-electron chi connectivity index (χ2n) is 5.78. The van der Waals surface area contributed by atoms with E-state index in [0.717, 1.165) is 32.6 Å². The number of thioether (sulfide) groups is 1. The van der Waals surface area contributed by atoms with Crippen LogP contribution in [0.1, 0.15) is 10.5 Å². The SMILES string of the molecule is COc1ccc(-c2cn3c(C(=O)Nc4ccccc4SC)csc3n2)cc1. The molecule has 0 saturated heterocycles. The molecule has 0 aliphatic carbocycles. The molecule has 4 rings (SSSR count). The van der Waals surface area contributed by atoms with E-state index in [1.54, 1.807) is 18.9 Å². The molecule has 7 heteroatoms. The summed E-state index contributed by atoms with van der Waals surface area (Å²) in [6.45, 7) is 0. The van der Waals surface area contributed by atoms with Crippen LogP contribution in [0.2, 0.25) is 0 Å². The molecule has 4 aromatic rings. The largest absolute Gasteiger partial charge is 0.497 e. The molecule has 0 unspecified atom stereocenters. The van der Waals surface area contributed by atoms with Gasteiger partial charge in [0.05, 0.1) is 18.5 Å². The smallest absolute Gasteiger partial charge is 0.273 e. The molecule has 0 bridgehead atoms. The number of aromatic nitrogens is 2. The highest BCUT2D eigenvalue weighted by molar-refractivity contribution is 7.98. The lowest BCUT2D eigenvalue weighted by Crippen LogP contribution is -2.14. The third-order valence-electron chi connectivity index (χ3n) is 4.18. The predicted octanol–water partition coefficient (Wildman–Crippen LogP) is 5.05. The number of benzene rings is 2. The number of rotatable bonds is 5. The highest BCUT2D eigenvalue weighted by Gasteiger charge is 2.16. The molecule has 0 spiro atoms. The summed E-state index contributed by atoms with van der Waals surface area (Å²) in [4.78, 5) is 19.3. The minimum absolute atomic E-state index is 0.151. The van der Waals surface area contributed by atoms with Gasteiger partial charge in [0.25, 0.3) is 5.91 Å². The van der Waals surface area contributed by atoms with Gasteiger partial charge in [-0.2, -0.15) is 0 Å². The van der Waals surface area contributed by atoms with E-state index in [9.17, 15) is 4.79 Å². The molecular weight excluding hydrogens is 378 g/mol. The average molecular weight is 396 g/mol. The fourth-order valence-corrected chi connectivity index (χ4v) is 4.19. The molecular formula is C20H17N3O2S2. The number of thiazole rings is 1. The van der Waals surface area contributed by atoms with Crippen LogP contribution in [0.4, 0.5) is 5.69 Å². The number of anilines is 1. The van der Waals surface area contributed by atoms with Crippen LogP contribution >= 0.6 is 23.1 Å². The van der Waals surface area contributed by atoms with E-state index in [-0.39, 0.29) is 5.91 Å². The number of methoxy groups -OCH3 is 1. The fraction of sp³-hybridized carbons (Fsp3) is 0.100. The number of carbonyl (C=O) groups is 1. The Labute approximate surface area is 165 Å². The third-order valence-corrected chi connectivity index (χ3v) is 5.82. The van der Waals surface area contributed by atoms with E-state index in [0.29, 0.717) is 5.69 Å². The summed E-state index contributed by atoms with van der Waals surface area (Å²) in [5.41, 5.74) is 3.18. The van der Waals surface area contributed by atoms with Crippen LogP contribution in [-0.4, -0.2) is 28.7 Å². The highest BCUT2D eigenvalue weighted by atomic mass is 32.2. The molecule has 1 N–H and O–H groups in total. The molecule has 2 aromatic heterocycles. The molecule has 5 nitrogen and oxygen atoms in total. The third kappa shape index (κ3) is 3.43. The maximum absolute atomic E-state index is 12.8. The fourth-order valence-electron chi connectivity index (χ4n) is 2.78. The van der Waals surface area contributed by atoms with Crippen molar-refractivity contribution < 1.29 is 9.53 Å². The number of amides is 1. The van der Waals surface area contributed by atoms with Gasteiger partial charge < -0.3 is 10.1 Å². The quantitative estimate of drug-likeness (QED) is 0.481. The summed E-state index contributed by atoms with van der Waals surface area (Å²) >= 11 is 3.05. The Kier molecular flexibility index (Phi) is 4.87. The van der Waals surface area contributed by atoms with Gasteiger partial charge in [-0.1, -0.05) is 12.1 Å². The van der Waals surface area contributed by atoms with Gasteiger partial charge >= 0.3 is 0 Å². The number of nitrogens with one attached hydrogen (secondary N) is 1. The molecule has 0 saturated carbocycles. The number of nitrogens with zero attached hydrogens (tertiary/aromatic N) is 2. The number of ether oxygens (including phenoxy) is 1. The summed E-state index contributed by atoms with van der Waals surface area (Å²) < 4.78 is 7.03. The first-order valence-electron chi connectivity index (χ1n) is 8.25. The van der Waals surface area contributed by atoms with Gasteiger partial charge in [0, 0.05) is 22.0 Å². The standard InChI is InChI=1S/C20H17N3O2S2/c1-25-14-9-7-13(8-10-14)16-11-23-17(12-27-20(23)22-16)19(24)21-15-5-3-4-6-18(15)26-2/h3-12H,1-2H3,(H,21,24). The molecule has 136 valence electrons. The average Bonchev–Trinajstić information content (AvgIpc) is 3.29. The number of para-hydroxylation sites is 1. The minimum Gasteiger partial charge on any atom is -0.497 e. The van der Waals surface area contributed by atoms with Crippen molar-refractivity contribution in [1.29, 1.82) is 0 Å². The minimum atomic E-state index is -0.151. The Bertz CT molecular complexity index is 1100. The van der Waals surface area contributed by atoms with E-state index >= 15 is 0 Å². The lowest BCUT2D eigenvalue weighted by atomic mass is 10.2. The molecule has 0 radical (unpaired) electrons. The topological polar surface area (TPSA) is 55.6 Å².